The lowest BCUT2D eigenvalue weighted by Gasteiger charge is -2.36. The number of rotatable bonds is 3. The summed E-state index contributed by atoms with van der Waals surface area (Å²) in [7, 11) is 0. The van der Waals surface area contributed by atoms with E-state index < -0.39 is 0 Å². The average Bonchev–Trinajstić information content (AvgIpc) is 3.23. The molecule has 112 valence electrons. The second-order valence-electron chi connectivity index (χ2n) is 5.36. The molecule has 2 aromatic heterocycles. The van der Waals surface area contributed by atoms with E-state index in [0.717, 1.165) is 25.9 Å². The van der Waals surface area contributed by atoms with Gasteiger partial charge in [0, 0.05) is 25.9 Å². The molecule has 2 saturated heterocycles. The molecule has 2 aromatic rings. The molecule has 4 heterocycles. The Balaban J connectivity index is 1.37. The molecule has 2 aliphatic rings. The predicted molar refractivity (Wildman–Crippen MR) is 71.1 cm³/mol. The minimum atomic E-state index is -0.343. The van der Waals surface area contributed by atoms with Crippen LogP contribution in [0.5, 0.6) is 0 Å². The van der Waals surface area contributed by atoms with Crippen LogP contribution >= 0.6 is 0 Å². The first-order chi connectivity index (χ1) is 10.3. The van der Waals surface area contributed by atoms with Crippen molar-refractivity contribution < 1.29 is 18.3 Å². The lowest BCUT2D eigenvalue weighted by Crippen LogP contribution is -2.44. The molecule has 0 amide bonds. The summed E-state index contributed by atoms with van der Waals surface area (Å²) in [5, 5.41) is 8.08. The van der Waals surface area contributed by atoms with E-state index in [4.69, 9.17) is 18.3 Å². The van der Waals surface area contributed by atoms with Crippen molar-refractivity contribution in [3.63, 3.8) is 0 Å². The first-order valence-corrected chi connectivity index (χ1v) is 7.20. The Kier molecular flexibility index (Phi) is 3.25. The van der Waals surface area contributed by atoms with Crippen molar-refractivity contribution in [2.75, 3.05) is 26.3 Å². The van der Waals surface area contributed by atoms with Gasteiger partial charge in [-0.2, -0.15) is 0 Å². The monoisotopic (exact) mass is 291 g/mol. The van der Waals surface area contributed by atoms with Crippen molar-refractivity contribution >= 4 is 0 Å². The summed E-state index contributed by atoms with van der Waals surface area (Å²) < 4.78 is 22.3. The minimum absolute atomic E-state index is 0.343. The maximum absolute atomic E-state index is 5.72. The molecular formula is C14H17N3O4. The van der Waals surface area contributed by atoms with Crippen LogP contribution in [0.2, 0.25) is 0 Å². The Morgan fingerprint density at radius 2 is 1.95 bits per heavy atom. The van der Waals surface area contributed by atoms with Crippen molar-refractivity contribution in [3.8, 4) is 11.7 Å². The Hall–Kier alpha value is -1.70. The van der Waals surface area contributed by atoms with Crippen LogP contribution in [0.15, 0.2) is 27.2 Å². The Morgan fingerprint density at radius 3 is 2.67 bits per heavy atom. The summed E-state index contributed by atoms with van der Waals surface area (Å²) in [5.41, 5.74) is 0. The highest BCUT2D eigenvalue weighted by Gasteiger charge is 2.39. The molecule has 2 aliphatic heterocycles. The molecule has 7 nitrogen and oxygen atoms in total. The number of hydrogen-bond acceptors (Lipinski definition) is 7. The first kappa shape index (κ1) is 13.0. The molecule has 21 heavy (non-hydrogen) atoms. The highest BCUT2D eigenvalue weighted by molar-refractivity contribution is 5.42. The maximum Gasteiger partial charge on any atom is 0.283 e. The van der Waals surface area contributed by atoms with E-state index in [1.165, 1.54) is 0 Å². The summed E-state index contributed by atoms with van der Waals surface area (Å²) in [4.78, 5) is 2.27. The Labute approximate surface area is 121 Å². The minimum Gasteiger partial charge on any atom is -0.459 e. The largest absolute Gasteiger partial charge is 0.459 e. The summed E-state index contributed by atoms with van der Waals surface area (Å²) >= 11 is 0. The van der Waals surface area contributed by atoms with Gasteiger partial charge in [0.25, 0.3) is 5.89 Å². The standard InChI is InChI=1S/C14H17N3O4/c1-2-11(18-7-1)13-16-15-12(21-13)10-17-5-3-14(4-6-17)19-8-9-20-14/h1-2,7H,3-6,8-10H2. The number of nitrogens with zero attached hydrogens (tertiary/aromatic N) is 3. The van der Waals surface area contributed by atoms with Crippen LogP contribution in [0.4, 0.5) is 0 Å². The number of piperidine rings is 1. The topological polar surface area (TPSA) is 73.8 Å². The maximum atomic E-state index is 5.72. The third-order valence-electron chi connectivity index (χ3n) is 3.99. The molecule has 0 N–H and O–H groups in total. The van der Waals surface area contributed by atoms with Gasteiger partial charge in [0.1, 0.15) is 0 Å². The number of furan rings is 1. The smallest absolute Gasteiger partial charge is 0.283 e. The Bertz CT molecular complexity index is 579. The van der Waals surface area contributed by atoms with E-state index >= 15 is 0 Å². The van der Waals surface area contributed by atoms with Crippen molar-refractivity contribution in [2.45, 2.75) is 25.2 Å². The molecule has 0 atom stereocenters. The third kappa shape index (κ3) is 2.59. The first-order valence-electron chi connectivity index (χ1n) is 7.20. The highest BCUT2D eigenvalue weighted by Crippen LogP contribution is 2.31. The van der Waals surface area contributed by atoms with Gasteiger partial charge in [-0.15, -0.1) is 10.2 Å². The molecule has 0 unspecified atom stereocenters. The van der Waals surface area contributed by atoms with Gasteiger partial charge in [-0.1, -0.05) is 0 Å². The van der Waals surface area contributed by atoms with Crippen LogP contribution < -0.4 is 0 Å². The molecule has 7 heteroatoms. The van der Waals surface area contributed by atoms with Crippen molar-refractivity contribution in [1.82, 2.24) is 15.1 Å². The third-order valence-corrected chi connectivity index (χ3v) is 3.99. The average molecular weight is 291 g/mol. The normalized spacial score (nSPS) is 22.1. The van der Waals surface area contributed by atoms with Gasteiger partial charge in [0.15, 0.2) is 11.5 Å². The molecule has 0 saturated carbocycles. The number of ether oxygens (including phenoxy) is 2. The lowest BCUT2D eigenvalue weighted by molar-refractivity contribution is -0.186. The fraction of sp³-hybridized carbons (Fsp3) is 0.571. The summed E-state index contributed by atoms with van der Waals surface area (Å²) in [6.45, 7) is 3.85. The highest BCUT2D eigenvalue weighted by atomic mass is 16.7. The van der Waals surface area contributed by atoms with Crippen LogP contribution in [0, 0.1) is 0 Å². The molecule has 0 bridgehead atoms. The van der Waals surface area contributed by atoms with E-state index in [1.54, 1.807) is 18.4 Å². The van der Waals surface area contributed by atoms with Gasteiger partial charge in [0.2, 0.25) is 5.89 Å². The molecule has 0 radical (unpaired) electrons. The van der Waals surface area contributed by atoms with Crippen molar-refractivity contribution in [1.29, 1.82) is 0 Å². The van der Waals surface area contributed by atoms with Crippen molar-refractivity contribution in [3.05, 3.63) is 24.3 Å². The fourth-order valence-corrected chi connectivity index (χ4v) is 2.85. The predicted octanol–water partition coefficient (Wildman–Crippen LogP) is 1.67. The number of hydrogen-bond donors (Lipinski definition) is 0. The fourth-order valence-electron chi connectivity index (χ4n) is 2.85. The van der Waals surface area contributed by atoms with Crippen LogP contribution in [-0.2, 0) is 16.0 Å². The van der Waals surface area contributed by atoms with Gasteiger partial charge >= 0.3 is 0 Å². The molecule has 0 aromatic carbocycles. The summed E-state index contributed by atoms with van der Waals surface area (Å²) in [5.74, 6) is 1.28. The zero-order valence-electron chi connectivity index (χ0n) is 11.7. The molecule has 4 rings (SSSR count). The second kappa shape index (κ2) is 5.25. The number of likely N-dealkylation sites (tertiary alicyclic amines) is 1. The quantitative estimate of drug-likeness (QED) is 0.851. The van der Waals surface area contributed by atoms with E-state index in [0.29, 0.717) is 37.3 Å². The van der Waals surface area contributed by atoms with E-state index in [2.05, 4.69) is 15.1 Å². The second-order valence-corrected chi connectivity index (χ2v) is 5.36. The van der Waals surface area contributed by atoms with Gasteiger partial charge in [-0.3, -0.25) is 4.90 Å². The van der Waals surface area contributed by atoms with Gasteiger partial charge in [0.05, 0.1) is 26.0 Å². The number of aromatic nitrogens is 2. The Morgan fingerprint density at radius 1 is 1.14 bits per heavy atom. The zero-order chi connectivity index (χ0) is 14.1. The van der Waals surface area contributed by atoms with Crippen molar-refractivity contribution in [2.24, 2.45) is 0 Å². The zero-order valence-corrected chi connectivity index (χ0v) is 11.7. The molecule has 2 fully saturated rings. The van der Waals surface area contributed by atoms with E-state index in [9.17, 15) is 0 Å². The van der Waals surface area contributed by atoms with Crippen LogP contribution in [0.25, 0.3) is 11.7 Å². The van der Waals surface area contributed by atoms with Gasteiger partial charge < -0.3 is 18.3 Å². The van der Waals surface area contributed by atoms with Gasteiger partial charge in [-0.05, 0) is 12.1 Å². The molecular weight excluding hydrogens is 274 g/mol. The van der Waals surface area contributed by atoms with E-state index in [1.807, 2.05) is 0 Å². The van der Waals surface area contributed by atoms with E-state index in [-0.39, 0.29) is 5.79 Å². The van der Waals surface area contributed by atoms with Crippen LogP contribution in [0.3, 0.4) is 0 Å². The van der Waals surface area contributed by atoms with Crippen LogP contribution in [0.1, 0.15) is 18.7 Å². The molecule has 1 spiro atoms. The van der Waals surface area contributed by atoms with Crippen LogP contribution in [-0.4, -0.2) is 47.2 Å². The summed E-state index contributed by atoms with van der Waals surface area (Å²) in [6, 6.07) is 3.60. The molecule has 0 aliphatic carbocycles. The SMILES string of the molecule is c1coc(-c2nnc(CN3CCC4(CC3)OCCO4)o2)c1. The van der Waals surface area contributed by atoms with Gasteiger partial charge in [-0.25, -0.2) is 0 Å². The lowest BCUT2D eigenvalue weighted by atomic mass is 10.0. The summed E-state index contributed by atoms with van der Waals surface area (Å²) in [6.07, 6.45) is 3.35.